The van der Waals surface area contributed by atoms with Crippen LogP contribution in [0, 0.1) is 0 Å². The maximum atomic E-state index is 12.2. The van der Waals surface area contributed by atoms with E-state index < -0.39 is 0 Å². The first kappa shape index (κ1) is 14.1. The van der Waals surface area contributed by atoms with Gasteiger partial charge in [-0.1, -0.05) is 22.0 Å². The molecule has 1 saturated heterocycles. The van der Waals surface area contributed by atoms with Crippen LogP contribution in [-0.4, -0.2) is 28.9 Å². The molecule has 1 aromatic carbocycles. The number of amides is 1. The molecule has 1 aliphatic rings. The number of hydrogen-bond donors (Lipinski definition) is 1. The molecular weight excluding hydrogens is 330 g/mol. The summed E-state index contributed by atoms with van der Waals surface area (Å²) in [4.78, 5) is 18.3. The molecule has 0 aliphatic carbocycles. The van der Waals surface area contributed by atoms with Crippen LogP contribution in [0.1, 0.15) is 23.3 Å². The first-order valence-corrected chi connectivity index (χ1v) is 7.79. The molecule has 1 fully saturated rings. The van der Waals surface area contributed by atoms with E-state index >= 15 is 0 Å². The Hall–Kier alpha value is -1.88. The topological polar surface area (TPSA) is 45.2 Å². The van der Waals surface area contributed by atoms with Gasteiger partial charge in [0.25, 0.3) is 5.91 Å². The molecule has 1 amide bonds. The summed E-state index contributed by atoms with van der Waals surface area (Å²) >= 11 is 3.44. The van der Waals surface area contributed by atoms with Crippen LogP contribution < -0.4 is 5.32 Å². The van der Waals surface area contributed by atoms with Gasteiger partial charge in [0.15, 0.2) is 0 Å². The predicted octanol–water partition coefficient (Wildman–Crippen LogP) is 3.82. The molecule has 1 aliphatic heterocycles. The van der Waals surface area contributed by atoms with E-state index in [1.807, 2.05) is 35.2 Å². The molecule has 21 heavy (non-hydrogen) atoms. The largest absolute Gasteiger partial charge is 0.354 e. The molecule has 2 aromatic rings. The molecule has 1 N–H and O–H groups in total. The molecule has 5 heteroatoms. The van der Waals surface area contributed by atoms with Crippen LogP contribution in [0.15, 0.2) is 47.1 Å². The molecule has 108 valence electrons. The summed E-state index contributed by atoms with van der Waals surface area (Å²) in [5.41, 5.74) is 2.35. The van der Waals surface area contributed by atoms with Gasteiger partial charge >= 0.3 is 0 Å². The van der Waals surface area contributed by atoms with Gasteiger partial charge in [0, 0.05) is 23.2 Å². The van der Waals surface area contributed by atoms with Crippen molar-refractivity contribution in [3.63, 3.8) is 0 Å². The van der Waals surface area contributed by atoms with Crippen molar-refractivity contribution < 1.29 is 4.79 Å². The maximum Gasteiger partial charge on any atom is 0.272 e. The normalized spacial score (nSPS) is 14.2. The summed E-state index contributed by atoms with van der Waals surface area (Å²) < 4.78 is 1.02. The van der Waals surface area contributed by atoms with Gasteiger partial charge in [-0.15, -0.1) is 0 Å². The molecule has 1 aromatic heterocycles. The maximum absolute atomic E-state index is 12.2. The van der Waals surface area contributed by atoms with E-state index in [4.69, 9.17) is 0 Å². The van der Waals surface area contributed by atoms with Crippen molar-refractivity contribution in [2.75, 3.05) is 18.4 Å². The Morgan fingerprint density at radius 2 is 1.95 bits per heavy atom. The highest BCUT2D eigenvalue weighted by Crippen LogP contribution is 2.20. The average molecular weight is 346 g/mol. The van der Waals surface area contributed by atoms with Gasteiger partial charge in [-0.2, -0.15) is 0 Å². The Morgan fingerprint density at radius 3 is 2.62 bits per heavy atom. The van der Waals surface area contributed by atoms with Gasteiger partial charge in [0.1, 0.15) is 5.69 Å². The highest BCUT2D eigenvalue weighted by Gasteiger charge is 2.20. The minimum Gasteiger partial charge on any atom is -0.354 e. The second-order valence-electron chi connectivity index (χ2n) is 5.07. The average Bonchev–Trinajstić information content (AvgIpc) is 3.01. The van der Waals surface area contributed by atoms with Gasteiger partial charge in [0.2, 0.25) is 0 Å². The number of nitrogens with one attached hydrogen (secondary N) is 1. The van der Waals surface area contributed by atoms with Crippen LogP contribution >= 0.6 is 15.9 Å². The number of anilines is 2. The number of halogens is 1. The fourth-order valence-corrected chi connectivity index (χ4v) is 2.81. The SMILES string of the molecule is O=C(c1ccc(Nc2cccc(Br)c2)cn1)N1CCCC1. The molecule has 0 spiro atoms. The van der Waals surface area contributed by atoms with Crippen molar-refractivity contribution in [3.8, 4) is 0 Å². The third kappa shape index (κ3) is 3.42. The third-order valence-electron chi connectivity index (χ3n) is 3.49. The van der Waals surface area contributed by atoms with Gasteiger partial charge in [-0.25, -0.2) is 4.98 Å². The number of carbonyl (C=O) groups excluding carboxylic acids is 1. The van der Waals surface area contributed by atoms with E-state index in [0.717, 1.165) is 41.8 Å². The van der Waals surface area contributed by atoms with E-state index in [1.165, 1.54) is 0 Å². The van der Waals surface area contributed by atoms with Crippen molar-refractivity contribution in [2.45, 2.75) is 12.8 Å². The summed E-state index contributed by atoms with van der Waals surface area (Å²) in [5.74, 6) is 0.0292. The monoisotopic (exact) mass is 345 g/mol. The second-order valence-corrected chi connectivity index (χ2v) is 5.98. The summed E-state index contributed by atoms with van der Waals surface area (Å²) in [7, 11) is 0. The van der Waals surface area contributed by atoms with E-state index in [9.17, 15) is 4.79 Å². The molecule has 4 nitrogen and oxygen atoms in total. The van der Waals surface area contributed by atoms with E-state index in [1.54, 1.807) is 12.3 Å². The number of carbonyl (C=O) groups is 1. The molecule has 3 rings (SSSR count). The molecule has 0 radical (unpaired) electrons. The fraction of sp³-hybridized carbons (Fsp3) is 0.250. The summed E-state index contributed by atoms with van der Waals surface area (Å²) in [6, 6.07) is 11.6. The number of likely N-dealkylation sites (tertiary alicyclic amines) is 1. The number of nitrogens with zero attached hydrogens (tertiary/aromatic N) is 2. The molecular formula is C16H16BrN3O. The standard InChI is InChI=1S/C16H16BrN3O/c17-12-4-3-5-13(10-12)19-14-6-7-15(18-11-14)16(21)20-8-1-2-9-20/h3-7,10-11,19H,1-2,8-9H2. The summed E-state index contributed by atoms with van der Waals surface area (Å²) in [6.45, 7) is 1.69. The molecule has 2 heterocycles. The lowest BCUT2D eigenvalue weighted by molar-refractivity contribution is 0.0787. The Bertz CT molecular complexity index is 636. The second kappa shape index (κ2) is 6.26. The van der Waals surface area contributed by atoms with Crippen molar-refractivity contribution in [3.05, 3.63) is 52.8 Å². The van der Waals surface area contributed by atoms with Crippen LogP contribution in [0.2, 0.25) is 0 Å². The summed E-state index contributed by atoms with van der Waals surface area (Å²) in [6.07, 6.45) is 3.88. The minimum absolute atomic E-state index is 0.0292. The molecule has 0 saturated carbocycles. The van der Waals surface area contributed by atoms with Crippen LogP contribution in [0.5, 0.6) is 0 Å². The van der Waals surface area contributed by atoms with E-state index in [2.05, 4.69) is 26.2 Å². The molecule has 0 atom stereocenters. The van der Waals surface area contributed by atoms with Crippen molar-refractivity contribution in [2.24, 2.45) is 0 Å². The quantitative estimate of drug-likeness (QED) is 0.919. The Balaban J connectivity index is 1.70. The van der Waals surface area contributed by atoms with Crippen LogP contribution in [-0.2, 0) is 0 Å². The summed E-state index contributed by atoms with van der Waals surface area (Å²) in [5, 5.41) is 3.26. The van der Waals surface area contributed by atoms with E-state index in [-0.39, 0.29) is 5.91 Å². The predicted molar refractivity (Wildman–Crippen MR) is 86.8 cm³/mol. The Labute approximate surface area is 132 Å². The first-order chi connectivity index (χ1) is 10.2. The number of aromatic nitrogens is 1. The van der Waals surface area contributed by atoms with Gasteiger partial charge in [0.05, 0.1) is 11.9 Å². The van der Waals surface area contributed by atoms with Gasteiger partial charge < -0.3 is 10.2 Å². The number of rotatable bonds is 3. The van der Waals surface area contributed by atoms with Gasteiger partial charge in [-0.3, -0.25) is 4.79 Å². The number of hydrogen-bond acceptors (Lipinski definition) is 3. The first-order valence-electron chi connectivity index (χ1n) is 7.00. The van der Waals surface area contributed by atoms with Crippen molar-refractivity contribution in [1.82, 2.24) is 9.88 Å². The number of benzene rings is 1. The number of pyridine rings is 1. The smallest absolute Gasteiger partial charge is 0.272 e. The van der Waals surface area contributed by atoms with Gasteiger partial charge in [-0.05, 0) is 43.2 Å². The van der Waals surface area contributed by atoms with Crippen molar-refractivity contribution >= 4 is 33.2 Å². The van der Waals surface area contributed by atoms with Crippen molar-refractivity contribution in [1.29, 1.82) is 0 Å². The molecule has 0 unspecified atom stereocenters. The fourth-order valence-electron chi connectivity index (χ4n) is 2.41. The molecule has 0 bridgehead atoms. The van der Waals surface area contributed by atoms with Crippen LogP contribution in [0.25, 0.3) is 0 Å². The van der Waals surface area contributed by atoms with Crippen LogP contribution in [0.3, 0.4) is 0 Å². The lowest BCUT2D eigenvalue weighted by Crippen LogP contribution is -2.28. The minimum atomic E-state index is 0.0292. The lowest BCUT2D eigenvalue weighted by Gasteiger charge is -2.14. The zero-order valence-electron chi connectivity index (χ0n) is 11.6. The highest BCUT2D eigenvalue weighted by molar-refractivity contribution is 9.10. The zero-order valence-corrected chi connectivity index (χ0v) is 13.1. The highest BCUT2D eigenvalue weighted by atomic mass is 79.9. The Morgan fingerprint density at radius 1 is 1.14 bits per heavy atom. The van der Waals surface area contributed by atoms with Crippen LogP contribution in [0.4, 0.5) is 11.4 Å². The van der Waals surface area contributed by atoms with E-state index in [0.29, 0.717) is 5.69 Å². The third-order valence-corrected chi connectivity index (χ3v) is 3.98. The lowest BCUT2D eigenvalue weighted by atomic mass is 10.2. The Kier molecular flexibility index (Phi) is 4.20. The zero-order chi connectivity index (χ0) is 14.7.